The maximum atomic E-state index is 13.4. The number of aromatic hydroxyl groups is 2. The number of sulfone groups is 1. The first-order chi connectivity index (χ1) is 20.9. The molecule has 0 aliphatic heterocycles. The van der Waals surface area contributed by atoms with Gasteiger partial charge in [0, 0.05) is 12.1 Å². The van der Waals surface area contributed by atoms with E-state index in [1.807, 2.05) is 0 Å². The molecular formula is C36H58O6S. The molecule has 0 bridgehead atoms. The molecule has 0 fully saturated rings. The number of ether oxygens (including phenoxy) is 2. The van der Waals surface area contributed by atoms with Crippen LogP contribution in [0.1, 0.15) is 142 Å². The van der Waals surface area contributed by atoms with E-state index in [1.54, 1.807) is 0 Å². The minimum atomic E-state index is -3.91. The number of rotatable bonds is 26. The average Bonchev–Trinajstić information content (AvgIpc) is 3.00. The van der Waals surface area contributed by atoms with Crippen molar-refractivity contribution in [1.82, 2.24) is 0 Å². The number of phenolic OH excluding ortho intramolecular Hbond substituents is 2. The van der Waals surface area contributed by atoms with Crippen LogP contribution in [0.3, 0.4) is 0 Å². The number of hydrogen-bond donors (Lipinski definition) is 2. The SMILES string of the molecule is CCCCCCCCCCCCOc1cc(S(=O)(=O)c2ccc(O)c(OCCCCCCCCCCCC)c2)ccc1O. The molecule has 2 aromatic rings. The summed E-state index contributed by atoms with van der Waals surface area (Å²) in [5, 5.41) is 20.5. The summed E-state index contributed by atoms with van der Waals surface area (Å²) in [6.07, 6.45) is 24.2. The molecule has 0 atom stereocenters. The van der Waals surface area contributed by atoms with E-state index in [4.69, 9.17) is 9.47 Å². The zero-order chi connectivity index (χ0) is 31.2. The highest BCUT2D eigenvalue weighted by molar-refractivity contribution is 7.91. The van der Waals surface area contributed by atoms with Crippen molar-refractivity contribution in [3.05, 3.63) is 36.4 Å². The van der Waals surface area contributed by atoms with Crippen molar-refractivity contribution in [1.29, 1.82) is 0 Å². The fourth-order valence-corrected chi connectivity index (χ4v) is 6.52. The van der Waals surface area contributed by atoms with E-state index in [-0.39, 0.29) is 32.8 Å². The van der Waals surface area contributed by atoms with Crippen LogP contribution >= 0.6 is 0 Å². The molecule has 0 heterocycles. The first kappa shape index (κ1) is 36.8. The van der Waals surface area contributed by atoms with Gasteiger partial charge in [0.1, 0.15) is 0 Å². The van der Waals surface area contributed by atoms with Gasteiger partial charge in [-0.1, -0.05) is 129 Å². The Balaban J connectivity index is 1.79. The first-order valence-electron chi connectivity index (χ1n) is 17.1. The van der Waals surface area contributed by atoms with Gasteiger partial charge < -0.3 is 19.7 Å². The lowest BCUT2D eigenvalue weighted by Gasteiger charge is -2.13. The van der Waals surface area contributed by atoms with Crippen molar-refractivity contribution in [3.8, 4) is 23.0 Å². The fraction of sp³-hybridized carbons (Fsp3) is 0.667. The van der Waals surface area contributed by atoms with Crippen LogP contribution in [0.4, 0.5) is 0 Å². The predicted octanol–water partition coefficient (Wildman–Crippen LogP) is 10.5. The Labute approximate surface area is 262 Å². The molecule has 0 aliphatic carbocycles. The topological polar surface area (TPSA) is 93.1 Å². The maximum Gasteiger partial charge on any atom is 0.206 e. The molecule has 0 unspecified atom stereocenters. The van der Waals surface area contributed by atoms with Crippen molar-refractivity contribution in [3.63, 3.8) is 0 Å². The molecule has 6 nitrogen and oxygen atoms in total. The van der Waals surface area contributed by atoms with Gasteiger partial charge in [-0.15, -0.1) is 0 Å². The Morgan fingerprint density at radius 3 is 1.12 bits per heavy atom. The third-order valence-electron chi connectivity index (χ3n) is 7.99. The monoisotopic (exact) mass is 618 g/mol. The molecule has 7 heteroatoms. The lowest BCUT2D eigenvalue weighted by atomic mass is 10.1. The predicted molar refractivity (Wildman–Crippen MR) is 176 cm³/mol. The van der Waals surface area contributed by atoms with Gasteiger partial charge in [-0.05, 0) is 37.1 Å². The molecule has 2 rings (SSSR count). The quantitative estimate of drug-likeness (QED) is 0.102. The maximum absolute atomic E-state index is 13.4. The molecule has 0 aromatic heterocycles. The number of unbranched alkanes of at least 4 members (excludes halogenated alkanes) is 18. The fourth-order valence-electron chi connectivity index (χ4n) is 5.23. The van der Waals surface area contributed by atoms with Crippen LogP contribution in [-0.4, -0.2) is 31.8 Å². The standard InChI is InChI=1S/C36H58O6S/c1-3-5-7-9-11-13-15-17-19-21-27-41-35-29-31(23-25-33(35)37)43(39,40)32-24-26-34(38)36(30-32)42-28-22-20-18-16-14-12-10-8-6-4-2/h23-26,29-30,37-38H,3-22,27-28H2,1-2H3. The molecule has 43 heavy (non-hydrogen) atoms. The summed E-state index contributed by atoms with van der Waals surface area (Å²) >= 11 is 0. The van der Waals surface area contributed by atoms with E-state index < -0.39 is 9.84 Å². The van der Waals surface area contributed by atoms with Crippen molar-refractivity contribution in [2.24, 2.45) is 0 Å². The van der Waals surface area contributed by atoms with Gasteiger partial charge in [0.05, 0.1) is 23.0 Å². The van der Waals surface area contributed by atoms with Crippen molar-refractivity contribution < 1.29 is 28.1 Å². The minimum Gasteiger partial charge on any atom is -0.504 e. The Kier molecular flexibility index (Phi) is 18.9. The first-order valence-corrected chi connectivity index (χ1v) is 18.5. The molecule has 0 amide bonds. The normalized spacial score (nSPS) is 11.6. The number of benzene rings is 2. The van der Waals surface area contributed by atoms with E-state index in [0.29, 0.717) is 13.2 Å². The van der Waals surface area contributed by atoms with Crippen LogP contribution < -0.4 is 9.47 Å². The highest BCUT2D eigenvalue weighted by Crippen LogP contribution is 2.35. The highest BCUT2D eigenvalue weighted by Gasteiger charge is 2.21. The van der Waals surface area contributed by atoms with Crippen LogP contribution in [0.15, 0.2) is 46.2 Å². The minimum absolute atomic E-state index is 0.0229. The van der Waals surface area contributed by atoms with Gasteiger partial charge >= 0.3 is 0 Å². The van der Waals surface area contributed by atoms with Gasteiger partial charge in [-0.2, -0.15) is 0 Å². The van der Waals surface area contributed by atoms with Crippen LogP contribution in [0, 0.1) is 0 Å². The second-order valence-electron chi connectivity index (χ2n) is 11.8. The van der Waals surface area contributed by atoms with Crippen LogP contribution in [0.5, 0.6) is 23.0 Å². The lowest BCUT2D eigenvalue weighted by Crippen LogP contribution is -2.05. The highest BCUT2D eigenvalue weighted by atomic mass is 32.2. The smallest absolute Gasteiger partial charge is 0.206 e. The summed E-state index contributed by atoms with van der Waals surface area (Å²) < 4.78 is 38.3. The van der Waals surface area contributed by atoms with Gasteiger partial charge in [0.15, 0.2) is 23.0 Å². The third kappa shape index (κ3) is 14.7. The Morgan fingerprint density at radius 2 is 0.791 bits per heavy atom. The summed E-state index contributed by atoms with van der Waals surface area (Å²) in [6, 6.07) is 8.19. The Bertz CT molecular complexity index is 1030. The summed E-state index contributed by atoms with van der Waals surface area (Å²) in [5.41, 5.74) is 0. The van der Waals surface area contributed by atoms with Gasteiger partial charge in [-0.3, -0.25) is 0 Å². The summed E-state index contributed by atoms with van der Waals surface area (Å²) in [5.74, 6) is 0.149. The Hall–Kier alpha value is -2.41. The zero-order valence-corrected chi connectivity index (χ0v) is 27.8. The second-order valence-corrected chi connectivity index (χ2v) is 13.8. The zero-order valence-electron chi connectivity index (χ0n) is 27.0. The van der Waals surface area contributed by atoms with E-state index >= 15 is 0 Å². The molecule has 0 radical (unpaired) electrons. The number of hydrogen-bond acceptors (Lipinski definition) is 6. The second kappa shape index (κ2) is 22.2. The van der Waals surface area contributed by atoms with E-state index in [2.05, 4.69) is 13.8 Å². The average molecular weight is 619 g/mol. The van der Waals surface area contributed by atoms with Gasteiger partial charge in [0.25, 0.3) is 0 Å². The summed E-state index contributed by atoms with van der Waals surface area (Å²) in [6.45, 7) is 5.31. The molecule has 0 aliphatic rings. The molecular weight excluding hydrogens is 560 g/mol. The molecule has 0 saturated heterocycles. The van der Waals surface area contributed by atoms with E-state index in [9.17, 15) is 18.6 Å². The van der Waals surface area contributed by atoms with Crippen LogP contribution in [0.2, 0.25) is 0 Å². The molecule has 2 N–H and O–H groups in total. The van der Waals surface area contributed by atoms with Crippen molar-refractivity contribution in [2.75, 3.05) is 13.2 Å². The molecule has 0 spiro atoms. The summed E-state index contributed by atoms with van der Waals surface area (Å²) in [7, 11) is -3.91. The van der Waals surface area contributed by atoms with Crippen LogP contribution in [0.25, 0.3) is 0 Å². The largest absolute Gasteiger partial charge is 0.504 e. The van der Waals surface area contributed by atoms with Crippen molar-refractivity contribution in [2.45, 2.75) is 152 Å². The number of phenols is 2. The van der Waals surface area contributed by atoms with Crippen LogP contribution in [-0.2, 0) is 9.84 Å². The van der Waals surface area contributed by atoms with Crippen molar-refractivity contribution >= 4 is 9.84 Å². The van der Waals surface area contributed by atoms with E-state index in [0.717, 1.165) is 38.5 Å². The lowest BCUT2D eigenvalue weighted by molar-refractivity contribution is 0.287. The molecule has 0 saturated carbocycles. The summed E-state index contributed by atoms with van der Waals surface area (Å²) in [4.78, 5) is 0.0458. The van der Waals surface area contributed by atoms with Gasteiger partial charge in [0.2, 0.25) is 9.84 Å². The third-order valence-corrected chi connectivity index (χ3v) is 9.74. The molecule has 2 aromatic carbocycles. The van der Waals surface area contributed by atoms with Gasteiger partial charge in [-0.25, -0.2) is 8.42 Å². The molecule has 244 valence electrons. The van der Waals surface area contributed by atoms with E-state index in [1.165, 1.54) is 126 Å². The Morgan fingerprint density at radius 1 is 0.488 bits per heavy atom.